The van der Waals surface area contributed by atoms with Gasteiger partial charge in [-0.25, -0.2) is 0 Å². The molecule has 0 radical (unpaired) electrons. The van der Waals surface area contributed by atoms with Gasteiger partial charge in [-0.3, -0.25) is 4.79 Å². The second-order valence-electron chi connectivity index (χ2n) is 6.26. The monoisotopic (exact) mass is 383 g/mol. The van der Waals surface area contributed by atoms with Crippen LogP contribution in [0.25, 0.3) is 0 Å². The summed E-state index contributed by atoms with van der Waals surface area (Å²) in [5, 5.41) is 70.7. The number of aliphatic hydroxyl groups is 7. The Hall–Kier alpha value is -0.930. The van der Waals surface area contributed by atoms with Crippen LogP contribution in [-0.4, -0.2) is 116 Å². The van der Waals surface area contributed by atoms with Gasteiger partial charge in [0.1, 0.15) is 48.8 Å². The topological polar surface area (TPSA) is 198 Å². The smallest absolute Gasteiger partial charge is 0.217 e. The maximum atomic E-state index is 11.4. The fraction of sp³-hybridized carbons (Fsp3) is 0.929. The van der Waals surface area contributed by atoms with Crippen molar-refractivity contribution in [1.29, 1.82) is 0 Å². The zero-order valence-electron chi connectivity index (χ0n) is 14.0. The quantitative estimate of drug-likeness (QED) is 0.226. The molecule has 2 aliphatic rings. The minimum atomic E-state index is -1.74. The normalized spacial score (nSPS) is 46.8. The van der Waals surface area contributed by atoms with Crippen molar-refractivity contribution in [2.75, 3.05) is 13.2 Å². The second kappa shape index (κ2) is 8.84. The predicted octanol–water partition coefficient (Wildman–Crippen LogP) is -5.25. The summed E-state index contributed by atoms with van der Waals surface area (Å²) in [6.07, 6.45) is -13.7. The summed E-state index contributed by atoms with van der Waals surface area (Å²) in [7, 11) is 0. The van der Waals surface area contributed by atoms with Crippen LogP contribution in [0.3, 0.4) is 0 Å². The van der Waals surface area contributed by atoms with Crippen molar-refractivity contribution in [2.24, 2.45) is 0 Å². The van der Waals surface area contributed by atoms with Crippen LogP contribution in [-0.2, 0) is 19.0 Å². The number of nitrogens with one attached hydrogen (secondary N) is 1. The summed E-state index contributed by atoms with van der Waals surface area (Å²) in [6, 6.07) is -1.28. The Bertz CT molecular complexity index is 478. The van der Waals surface area contributed by atoms with E-state index in [1.165, 1.54) is 0 Å². The van der Waals surface area contributed by atoms with E-state index in [9.17, 15) is 40.5 Å². The first kappa shape index (κ1) is 21.4. The molecule has 0 spiro atoms. The molecule has 0 aromatic carbocycles. The number of ether oxygens (including phenoxy) is 3. The average Bonchev–Trinajstić information content (AvgIpc) is 2.60. The molecule has 12 nitrogen and oxygen atoms in total. The SMILES string of the molecule is CC(=O)NC1[C@@H](O[C@@H]2OC(CO)C(O)[C@H](O)C2O)C(O)C(CO)O[C@@H]1O. The lowest BCUT2D eigenvalue weighted by Gasteiger charge is -2.46. The lowest BCUT2D eigenvalue weighted by Crippen LogP contribution is -2.67. The molecule has 8 N–H and O–H groups in total. The number of amides is 1. The van der Waals surface area contributed by atoms with Crippen LogP contribution < -0.4 is 5.32 Å². The Morgan fingerprint density at radius 3 is 2.04 bits per heavy atom. The van der Waals surface area contributed by atoms with Crippen LogP contribution in [0.2, 0.25) is 0 Å². The van der Waals surface area contributed by atoms with Gasteiger partial charge in [-0.1, -0.05) is 0 Å². The standard InChI is InChI=1S/C14H25NO11/c1-4(18)15-7-12(9(20)6(3-17)24-13(7)23)26-14-11(22)10(21)8(19)5(2-16)25-14/h5-14,16-17,19-23H,2-3H2,1H3,(H,15,18)/t5?,6?,7?,8?,9?,10-,11?,12+,13-,14-/m0/s1. The Balaban J connectivity index is 2.21. The van der Waals surface area contributed by atoms with E-state index in [1.807, 2.05) is 0 Å². The van der Waals surface area contributed by atoms with Crippen molar-refractivity contribution in [1.82, 2.24) is 5.32 Å². The molecule has 6 unspecified atom stereocenters. The first-order valence-corrected chi connectivity index (χ1v) is 8.06. The number of carbonyl (C=O) groups excluding carboxylic acids is 1. The molecular formula is C14H25NO11. The lowest BCUT2D eigenvalue weighted by molar-refractivity contribution is -0.341. The van der Waals surface area contributed by atoms with Crippen molar-refractivity contribution in [2.45, 2.75) is 68.3 Å². The highest BCUT2D eigenvalue weighted by Crippen LogP contribution is 2.28. The van der Waals surface area contributed by atoms with Gasteiger partial charge >= 0.3 is 0 Å². The molecule has 1 amide bonds. The van der Waals surface area contributed by atoms with Crippen LogP contribution in [0.4, 0.5) is 0 Å². The van der Waals surface area contributed by atoms with E-state index in [0.29, 0.717) is 0 Å². The molecule has 10 atom stereocenters. The third kappa shape index (κ3) is 4.31. The summed E-state index contributed by atoms with van der Waals surface area (Å²) >= 11 is 0. The lowest BCUT2D eigenvalue weighted by atomic mass is 9.95. The molecule has 2 saturated heterocycles. The number of hydrogen-bond donors (Lipinski definition) is 8. The van der Waals surface area contributed by atoms with Crippen molar-refractivity contribution in [3.8, 4) is 0 Å². The molecule has 0 aliphatic carbocycles. The Morgan fingerprint density at radius 1 is 0.923 bits per heavy atom. The average molecular weight is 383 g/mol. The van der Waals surface area contributed by atoms with Crippen molar-refractivity contribution in [3.05, 3.63) is 0 Å². The maximum Gasteiger partial charge on any atom is 0.217 e. The number of carbonyl (C=O) groups is 1. The van der Waals surface area contributed by atoms with Gasteiger partial charge in [-0.2, -0.15) is 0 Å². The van der Waals surface area contributed by atoms with E-state index in [4.69, 9.17) is 14.2 Å². The fourth-order valence-electron chi connectivity index (χ4n) is 2.97. The highest BCUT2D eigenvalue weighted by atomic mass is 16.7. The van der Waals surface area contributed by atoms with Gasteiger partial charge in [0, 0.05) is 6.92 Å². The largest absolute Gasteiger partial charge is 0.394 e. The first-order valence-electron chi connectivity index (χ1n) is 8.06. The van der Waals surface area contributed by atoms with Gasteiger partial charge in [-0.05, 0) is 0 Å². The number of rotatable bonds is 5. The minimum Gasteiger partial charge on any atom is -0.394 e. The van der Waals surface area contributed by atoms with Crippen molar-refractivity contribution in [3.63, 3.8) is 0 Å². The summed E-state index contributed by atoms with van der Waals surface area (Å²) in [5.74, 6) is -0.574. The fourth-order valence-corrected chi connectivity index (χ4v) is 2.97. The summed E-state index contributed by atoms with van der Waals surface area (Å²) in [5.41, 5.74) is 0. The molecule has 2 heterocycles. The number of aliphatic hydroxyl groups excluding tert-OH is 7. The molecule has 0 saturated carbocycles. The molecule has 0 bridgehead atoms. The predicted molar refractivity (Wildman–Crippen MR) is 80.2 cm³/mol. The molecule has 2 rings (SSSR count). The van der Waals surface area contributed by atoms with E-state index in [0.717, 1.165) is 6.92 Å². The first-order chi connectivity index (χ1) is 12.2. The van der Waals surface area contributed by atoms with E-state index in [1.54, 1.807) is 0 Å². The molecule has 26 heavy (non-hydrogen) atoms. The van der Waals surface area contributed by atoms with Crippen LogP contribution in [0.15, 0.2) is 0 Å². The van der Waals surface area contributed by atoms with Gasteiger partial charge in [0.15, 0.2) is 12.6 Å². The Morgan fingerprint density at radius 2 is 1.50 bits per heavy atom. The molecule has 0 aromatic rings. The zero-order chi connectivity index (χ0) is 19.6. The highest BCUT2D eigenvalue weighted by molar-refractivity contribution is 5.73. The van der Waals surface area contributed by atoms with Gasteiger partial charge in [0.05, 0.1) is 13.2 Å². The zero-order valence-corrected chi connectivity index (χ0v) is 14.0. The van der Waals surface area contributed by atoms with Gasteiger partial charge < -0.3 is 55.3 Å². The molecule has 0 aromatic heterocycles. The van der Waals surface area contributed by atoms with Crippen molar-refractivity contribution >= 4 is 5.91 Å². The minimum absolute atomic E-state index is 0.574. The van der Waals surface area contributed by atoms with Gasteiger partial charge in [-0.15, -0.1) is 0 Å². The van der Waals surface area contributed by atoms with E-state index in [2.05, 4.69) is 5.32 Å². The number of hydrogen-bond acceptors (Lipinski definition) is 11. The third-order valence-electron chi connectivity index (χ3n) is 4.38. The van der Waals surface area contributed by atoms with Gasteiger partial charge in [0.25, 0.3) is 0 Å². The molecule has 152 valence electrons. The molecule has 2 fully saturated rings. The maximum absolute atomic E-state index is 11.4. The van der Waals surface area contributed by atoms with E-state index >= 15 is 0 Å². The summed E-state index contributed by atoms with van der Waals surface area (Å²) in [4.78, 5) is 11.4. The Labute approximate surface area is 148 Å². The van der Waals surface area contributed by atoms with Crippen LogP contribution >= 0.6 is 0 Å². The molecular weight excluding hydrogens is 358 g/mol. The van der Waals surface area contributed by atoms with Gasteiger partial charge in [0.2, 0.25) is 5.91 Å². The highest BCUT2D eigenvalue weighted by Gasteiger charge is 2.50. The summed E-state index contributed by atoms with van der Waals surface area (Å²) < 4.78 is 15.7. The molecule has 2 aliphatic heterocycles. The molecule has 12 heteroatoms. The Kier molecular flexibility index (Phi) is 7.27. The second-order valence-corrected chi connectivity index (χ2v) is 6.26. The van der Waals surface area contributed by atoms with Crippen molar-refractivity contribution < 1.29 is 54.8 Å². The third-order valence-corrected chi connectivity index (χ3v) is 4.38. The van der Waals surface area contributed by atoms with E-state index < -0.39 is 80.5 Å². The van der Waals surface area contributed by atoms with E-state index in [-0.39, 0.29) is 0 Å². The van der Waals surface area contributed by atoms with Crippen LogP contribution in [0.1, 0.15) is 6.92 Å². The van der Waals surface area contributed by atoms with Crippen LogP contribution in [0, 0.1) is 0 Å². The summed E-state index contributed by atoms with van der Waals surface area (Å²) in [6.45, 7) is -0.195. The van der Waals surface area contributed by atoms with Crippen LogP contribution in [0.5, 0.6) is 0 Å².